The highest BCUT2D eigenvalue weighted by Crippen LogP contribution is 2.03. The van der Waals surface area contributed by atoms with E-state index in [2.05, 4.69) is 16.0 Å². The quantitative estimate of drug-likeness (QED) is 0.0819. The molecule has 0 aromatic carbocycles. The number of carbonyl (C=O) groups excluding carboxylic acids is 2. The van der Waals surface area contributed by atoms with Crippen LogP contribution < -0.4 is 38.9 Å². The van der Waals surface area contributed by atoms with E-state index < -0.39 is 0 Å². The summed E-state index contributed by atoms with van der Waals surface area (Å²) in [5, 5.41) is 9.51. The van der Waals surface area contributed by atoms with Crippen molar-refractivity contribution in [2.45, 2.75) is 77.0 Å². The number of carbonyl (C=O) groups is 2. The lowest BCUT2D eigenvalue weighted by Crippen LogP contribution is -2.42. The first-order chi connectivity index (χ1) is 18.1. The van der Waals surface area contributed by atoms with Crippen LogP contribution in [0.15, 0.2) is 0 Å². The molecule has 0 bridgehead atoms. The zero-order chi connectivity index (χ0) is 27.4. The van der Waals surface area contributed by atoms with Crippen LogP contribution in [0, 0.1) is 0 Å². The van der Waals surface area contributed by atoms with Crippen molar-refractivity contribution in [2.75, 3.05) is 78.5 Å². The fourth-order valence-corrected chi connectivity index (χ4v) is 3.96. The van der Waals surface area contributed by atoms with E-state index in [-0.39, 0.29) is 12.1 Å². The van der Waals surface area contributed by atoms with Crippen LogP contribution in [0.1, 0.15) is 77.0 Å². The molecule has 220 valence electrons. The van der Waals surface area contributed by atoms with Crippen LogP contribution in [0.5, 0.6) is 0 Å². The number of nitrogens with zero attached hydrogens (tertiary/aromatic N) is 2. The van der Waals surface area contributed by atoms with Crippen LogP contribution in [-0.2, 0) is 0 Å². The van der Waals surface area contributed by atoms with Crippen LogP contribution in [-0.4, -0.2) is 100 Å². The van der Waals surface area contributed by atoms with E-state index in [1.807, 2.05) is 9.80 Å². The van der Waals surface area contributed by atoms with Crippen molar-refractivity contribution in [2.24, 2.45) is 22.9 Å². The average Bonchev–Trinajstić information content (AvgIpc) is 2.90. The lowest BCUT2D eigenvalue weighted by Gasteiger charge is -2.23. The maximum Gasteiger partial charge on any atom is 0.317 e. The first kappa shape index (κ1) is 35.3. The minimum absolute atomic E-state index is 0.0133. The van der Waals surface area contributed by atoms with Crippen molar-refractivity contribution in [3.05, 3.63) is 0 Å². The third-order valence-corrected chi connectivity index (χ3v) is 6.22. The van der Waals surface area contributed by atoms with Gasteiger partial charge < -0.3 is 48.7 Å². The zero-order valence-corrected chi connectivity index (χ0v) is 23.5. The molecule has 0 saturated carbocycles. The summed E-state index contributed by atoms with van der Waals surface area (Å²) in [5.74, 6) is 0. The second-order valence-electron chi connectivity index (χ2n) is 9.59. The summed E-state index contributed by atoms with van der Waals surface area (Å²) in [4.78, 5) is 28.5. The third kappa shape index (κ3) is 22.1. The summed E-state index contributed by atoms with van der Waals surface area (Å²) in [6.07, 6.45) is 11.9. The fraction of sp³-hybridized carbons (Fsp3) is 0.923. The summed E-state index contributed by atoms with van der Waals surface area (Å²) in [5.41, 5.74) is 22.3. The molecular formula is C26H59N9O2. The van der Waals surface area contributed by atoms with Gasteiger partial charge in [-0.25, -0.2) is 9.59 Å². The molecule has 11 N–H and O–H groups in total. The summed E-state index contributed by atoms with van der Waals surface area (Å²) >= 11 is 0. The molecule has 0 radical (unpaired) electrons. The van der Waals surface area contributed by atoms with Crippen molar-refractivity contribution < 1.29 is 9.59 Å². The van der Waals surface area contributed by atoms with Gasteiger partial charge in [-0.05, 0) is 90.6 Å². The zero-order valence-electron chi connectivity index (χ0n) is 23.5. The first-order valence-electron chi connectivity index (χ1n) is 14.7. The minimum Gasteiger partial charge on any atom is -0.338 e. The largest absolute Gasteiger partial charge is 0.338 e. The second-order valence-corrected chi connectivity index (χ2v) is 9.59. The first-order valence-corrected chi connectivity index (χ1v) is 14.7. The highest BCUT2D eigenvalue weighted by molar-refractivity contribution is 5.74. The standard InChI is InChI=1S/C26H59N9O2/c27-13-5-1-4-8-21-34(22-9-14-28)26(37)33-20-12-18-31-17-6-2-3-7-19-32-25(36)35(23-10-15-29)24-11-16-30/h31H,1-24,27-30H2,(H,32,36)(H,33,37). The van der Waals surface area contributed by atoms with Crippen molar-refractivity contribution in [3.63, 3.8) is 0 Å². The molecule has 11 nitrogen and oxygen atoms in total. The minimum atomic E-state index is -0.0133. The van der Waals surface area contributed by atoms with Gasteiger partial charge in [0.1, 0.15) is 0 Å². The molecule has 0 aromatic rings. The topological polar surface area (TPSA) is 181 Å². The van der Waals surface area contributed by atoms with E-state index in [0.717, 1.165) is 103 Å². The van der Waals surface area contributed by atoms with E-state index in [1.165, 1.54) is 0 Å². The number of nitrogens with one attached hydrogen (secondary N) is 3. The van der Waals surface area contributed by atoms with E-state index >= 15 is 0 Å². The normalized spacial score (nSPS) is 10.9. The van der Waals surface area contributed by atoms with Gasteiger partial charge in [0.25, 0.3) is 0 Å². The van der Waals surface area contributed by atoms with Gasteiger partial charge in [-0.3, -0.25) is 0 Å². The number of unbranched alkanes of at least 4 members (excludes halogenated alkanes) is 6. The molecule has 0 aliphatic rings. The molecule has 0 saturated heterocycles. The summed E-state index contributed by atoms with van der Waals surface area (Å²) < 4.78 is 0. The molecule has 0 atom stereocenters. The van der Waals surface area contributed by atoms with Crippen LogP contribution in [0.3, 0.4) is 0 Å². The summed E-state index contributed by atoms with van der Waals surface area (Å²) in [6, 6.07) is 0.00177. The average molecular weight is 530 g/mol. The molecule has 0 spiro atoms. The number of urea groups is 2. The Morgan fingerprint density at radius 2 is 0.811 bits per heavy atom. The van der Waals surface area contributed by atoms with E-state index in [4.69, 9.17) is 22.9 Å². The van der Waals surface area contributed by atoms with E-state index in [9.17, 15) is 9.59 Å². The van der Waals surface area contributed by atoms with Gasteiger partial charge >= 0.3 is 12.1 Å². The van der Waals surface area contributed by atoms with E-state index in [1.54, 1.807) is 0 Å². The Morgan fingerprint density at radius 1 is 0.432 bits per heavy atom. The Bertz CT molecular complexity index is 518. The number of hydrogen-bond donors (Lipinski definition) is 7. The van der Waals surface area contributed by atoms with Crippen molar-refractivity contribution in [1.29, 1.82) is 0 Å². The molecule has 4 amide bonds. The number of hydrogen-bond acceptors (Lipinski definition) is 7. The lowest BCUT2D eigenvalue weighted by atomic mass is 10.2. The Hall–Kier alpha value is -1.66. The molecule has 0 heterocycles. The molecule has 11 heteroatoms. The Labute approximate surface area is 226 Å². The van der Waals surface area contributed by atoms with Crippen molar-refractivity contribution in [3.8, 4) is 0 Å². The lowest BCUT2D eigenvalue weighted by molar-refractivity contribution is 0.195. The fourth-order valence-electron chi connectivity index (χ4n) is 3.96. The Morgan fingerprint density at radius 3 is 1.32 bits per heavy atom. The Balaban J connectivity index is 3.75. The molecule has 0 aliphatic carbocycles. The second kappa shape index (κ2) is 27.4. The van der Waals surface area contributed by atoms with Gasteiger partial charge in [0.05, 0.1) is 0 Å². The Kier molecular flexibility index (Phi) is 26.1. The molecule has 0 rings (SSSR count). The van der Waals surface area contributed by atoms with Gasteiger partial charge in [0.2, 0.25) is 0 Å². The van der Waals surface area contributed by atoms with Gasteiger partial charge in [0.15, 0.2) is 0 Å². The molecule has 0 aromatic heterocycles. The number of amides is 4. The number of nitrogens with two attached hydrogens (primary N) is 4. The van der Waals surface area contributed by atoms with E-state index in [0.29, 0.717) is 52.4 Å². The highest BCUT2D eigenvalue weighted by Gasteiger charge is 2.12. The maximum absolute atomic E-state index is 12.5. The number of rotatable bonds is 26. The van der Waals surface area contributed by atoms with Crippen LogP contribution in [0.25, 0.3) is 0 Å². The molecule has 0 unspecified atom stereocenters. The molecule has 0 fully saturated rings. The SMILES string of the molecule is NCCCCCCN(CCCN)C(=O)NCCCNCCCCCCNC(=O)N(CCCN)CCCN. The molecular weight excluding hydrogens is 470 g/mol. The summed E-state index contributed by atoms with van der Waals surface area (Å²) in [6.45, 7) is 8.57. The van der Waals surface area contributed by atoms with Gasteiger partial charge in [-0.1, -0.05) is 25.7 Å². The van der Waals surface area contributed by atoms with Gasteiger partial charge in [-0.15, -0.1) is 0 Å². The molecule has 37 heavy (non-hydrogen) atoms. The van der Waals surface area contributed by atoms with Crippen molar-refractivity contribution in [1.82, 2.24) is 25.8 Å². The highest BCUT2D eigenvalue weighted by atomic mass is 16.2. The monoisotopic (exact) mass is 529 g/mol. The van der Waals surface area contributed by atoms with Crippen LogP contribution in [0.4, 0.5) is 9.59 Å². The third-order valence-electron chi connectivity index (χ3n) is 6.22. The molecule has 0 aliphatic heterocycles. The van der Waals surface area contributed by atoms with Crippen molar-refractivity contribution >= 4 is 12.1 Å². The smallest absolute Gasteiger partial charge is 0.317 e. The predicted molar refractivity (Wildman–Crippen MR) is 154 cm³/mol. The maximum atomic E-state index is 12.5. The predicted octanol–water partition coefficient (Wildman–Crippen LogP) is 1.12. The van der Waals surface area contributed by atoms with Crippen LogP contribution >= 0.6 is 0 Å². The van der Waals surface area contributed by atoms with Gasteiger partial charge in [0, 0.05) is 39.3 Å². The van der Waals surface area contributed by atoms with Gasteiger partial charge in [-0.2, -0.15) is 0 Å². The van der Waals surface area contributed by atoms with Crippen LogP contribution in [0.2, 0.25) is 0 Å². The summed E-state index contributed by atoms with van der Waals surface area (Å²) in [7, 11) is 0.